The molecule has 1 fully saturated rings. The summed E-state index contributed by atoms with van der Waals surface area (Å²) in [6, 6.07) is 9.25. The maximum atomic E-state index is 13.3. The summed E-state index contributed by atoms with van der Waals surface area (Å²) in [5, 5.41) is 2.86. The van der Waals surface area contributed by atoms with Crippen LogP contribution in [-0.2, 0) is 11.3 Å². The van der Waals surface area contributed by atoms with E-state index >= 15 is 0 Å². The first-order valence-electron chi connectivity index (χ1n) is 8.13. The third kappa shape index (κ3) is 4.67. The second kappa shape index (κ2) is 7.94. The van der Waals surface area contributed by atoms with Gasteiger partial charge in [0.1, 0.15) is 11.6 Å². The van der Waals surface area contributed by atoms with Crippen LogP contribution in [0.3, 0.4) is 0 Å². The van der Waals surface area contributed by atoms with Gasteiger partial charge >= 0.3 is 6.03 Å². The van der Waals surface area contributed by atoms with Gasteiger partial charge < -0.3 is 19.7 Å². The number of halogens is 1. The van der Waals surface area contributed by atoms with Gasteiger partial charge in [-0.05, 0) is 25.1 Å². The molecule has 25 heavy (non-hydrogen) atoms. The first-order chi connectivity index (χ1) is 12.1. The summed E-state index contributed by atoms with van der Waals surface area (Å²) in [6.45, 7) is 3.87. The third-order valence-corrected chi connectivity index (χ3v) is 3.82. The first-order valence-corrected chi connectivity index (χ1v) is 8.13. The van der Waals surface area contributed by atoms with Crippen LogP contribution in [0.4, 0.5) is 9.18 Å². The molecule has 1 aromatic heterocycles. The lowest BCUT2D eigenvalue weighted by molar-refractivity contribution is -0.00352. The highest BCUT2D eigenvalue weighted by Gasteiger charge is 2.21. The molecule has 2 heterocycles. The van der Waals surface area contributed by atoms with E-state index in [1.807, 2.05) is 13.0 Å². The van der Waals surface area contributed by atoms with Crippen LogP contribution in [0.2, 0.25) is 0 Å². The standard InChI is InChI=1S/C18H20FN3O3/c1-13-12-22(8-9-24-13)18(23)21-11-14-4-3-7-20-17(14)25-16-6-2-5-15(19)10-16/h2-7,10,13H,8-9,11-12H2,1H3,(H,21,23)/t13-/m1/s1. The van der Waals surface area contributed by atoms with Gasteiger partial charge in [-0.15, -0.1) is 0 Å². The van der Waals surface area contributed by atoms with Crippen LogP contribution in [0.15, 0.2) is 42.6 Å². The van der Waals surface area contributed by atoms with Gasteiger partial charge in [-0.25, -0.2) is 14.2 Å². The summed E-state index contributed by atoms with van der Waals surface area (Å²) in [6.07, 6.45) is 1.62. The normalized spacial score (nSPS) is 17.2. The minimum Gasteiger partial charge on any atom is -0.439 e. The number of nitrogens with zero attached hydrogens (tertiary/aromatic N) is 2. The van der Waals surface area contributed by atoms with Crippen LogP contribution in [0.1, 0.15) is 12.5 Å². The highest BCUT2D eigenvalue weighted by molar-refractivity contribution is 5.74. The van der Waals surface area contributed by atoms with Crippen LogP contribution in [0.5, 0.6) is 11.6 Å². The van der Waals surface area contributed by atoms with Gasteiger partial charge in [0.15, 0.2) is 0 Å². The van der Waals surface area contributed by atoms with Crippen molar-refractivity contribution in [2.45, 2.75) is 19.6 Å². The number of ether oxygens (including phenoxy) is 2. The maximum Gasteiger partial charge on any atom is 0.317 e. The van der Waals surface area contributed by atoms with Crippen molar-refractivity contribution in [3.63, 3.8) is 0 Å². The van der Waals surface area contributed by atoms with Gasteiger partial charge in [-0.3, -0.25) is 0 Å². The van der Waals surface area contributed by atoms with Crippen molar-refractivity contribution < 1.29 is 18.7 Å². The Morgan fingerprint density at radius 2 is 2.32 bits per heavy atom. The molecule has 0 bridgehead atoms. The quantitative estimate of drug-likeness (QED) is 0.925. The van der Waals surface area contributed by atoms with E-state index in [9.17, 15) is 9.18 Å². The fourth-order valence-corrected chi connectivity index (χ4v) is 2.58. The van der Waals surface area contributed by atoms with E-state index in [1.165, 1.54) is 12.1 Å². The van der Waals surface area contributed by atoms with E-state index in [0.29, 0.717) is 36.9 Å². The Kier molecular flexibility index (Phi) is 5.45. The molecule has 0 unspecified atom stereocenters. The summed E-state index contributed by atoms with van der Waals surface area (Å²) >= 11 is 0. The number of amides is 2. The Balaban J connectivity index is 1.63. The lowest BCUT2D eigenvalue weighted by atomic mass is 10.2. The van der Waals surface area contributed by atoms with E-state index in [2.05, 4.69) is 10.3 Å². The van der Waals surface area contributed by atoms with Crippen LogP contribution in [0.25, 0.3) is 0 Å². The minimum atomic E-state index is -0.385. The Hall–Kier alpha value is -2.67. The molecule has 1 aliphatic heterocycles. The predicted molar refractivity (Wildman–Crippen MR) is 89.9 cm³/mol. The molecule has 132 valence electrons. The molecule has 2 amide bonds. The molecule has 0 saturated carbocycles. The summed E-state index contributed by atoms with van der Waals surface area (Å²) in [7, 11) is 0. The van der Waals surface area contributed by atoms with Gasteiger partial charge in [0.05, 0.1) is 12.7 Å². The van der Waals surface area contributed by atoms with Gasteiger partial charge in [-0.2, -0.15) is 0 Å². The molecule has 7 heteroatoms. The SMILES string of the molecule is C[C@@H]1CN(C(=O)NCc2cccnc2Oc2cccc(F)c2)CCO1. The highest BCUT2D eigenvalue weighted by Crippen LogP contribution is 2.23. The molecule has 3 rings (SSSR count). The Bertz CT molecular complexity index is 741. The molecule has 2 aromatic rings. The van der Waals surface area contributed by atoms with Crippen LogP contribution in [-0.4, -0.2) is 41.7 Å². The number of rotatable bonds is 4. The van der Waals surface area contributed by atoms with Gasteiger partial charge in [-0.1, -0.05) is 12.1 Å². The zero-order chi connectivity index (χ0) is 17.6. The third-order valence-electron chi connectivity index (χ3n) is 3.82. The van der Waals surface area contributed by atoms with E-state index in [4.69, 9.17) is 9.47 Å². The molecule has 1 atom stereocenters. The molecular formula is C18H20FN3O3. The number of nitrogens with one attached hydrogen (secondary N) is 1. The monoisotopic (exact) mass is 345 g/mol. The second-order valence-electron chi connectivity index (χ2n) is 5.81. The number of morpholine rings is 1. The van der Waals surface area contributed by atoms with Crippen LogP contribution < -0.4 is 10.1 Å². The number of urea groups is 1. The summed E-state index contributed by atoms with van der Waals surface area (Å²) in [5.74, 6) is 0.307. The Morgan fingerprint density at radius 1 is 1.44 bits per heavy atom. The number of aromatic nitrogens is 1. The number of hydrogen-bond acceptors (Lipinski definition) is 4. The first kappa shape index (κ1) is 17.2. The number of carbonyl (C=O) groups excluding carboxylic acids is 1. The van der Waals surface area contributed by atoms with Gasteiger partial charge in [0.2, 0.25) is 5.88 Å². The molecule has 0 radical (unpaired) electrons. The average Bonchev–Trinajstić information content (AvgIpc) is 2.61. The smallest absolute Gasteiger partial charge is 0.317 e. The van der Waals surface area contributed by atoms with E-state index in [-0.39, 0.29) is 24.5 Å². The molecule has 1 aromatic carbocycles. The topological polar surface area (TPSA) is 63.7 Å². The number of carbonyl (C=O) groups is 1. The van der Waals surface area contributed by atoms with Crippen molar-refractivity contribution >= 4 is 6.03 Å². The van der Waals surface area contributed by atoms with E-state index < -0.39 is 0 Å². The van der Waals surface area contributed by atoms with Gasteiger partial charge in [0.25, 0.3) is 0 Å². The minimum absolute atomic E-state index is 0.0322. The van der Waals surface area contributed by atoms with E-state index in [0.717, 1.165) is 0 Å². The summed E-state index contributed by atoms with van der Waals surface area (Å²) in [4.78, 5) is 18.2. The molecule has 6 nitrogen and oxygen atoms in total. The highest BCUT2D eigenvalue weighted by atomic mass is 19.1. The number of hydrogen-bond donors (Lipinski definition) is 1. The lowest BCUT2D eigenvalue weighted by Gasteiger charge is -2.31. The summed E-state index contributed by atoms with van der Waals surface area (Å²) < 4.78 is 24.4. The molecule has 1 N–H and O–H groups in total. The Labute approximate surface area is 145 Å². The molecule has 1 saturated heterocycles. The van der Waals surface area contributed by atoms with Crippen molar-refractivity contribution in [1.82, 2.24) is 15.2 Å². The zero-order valence-electron chi connectivity index (χ0n) is 13.9. The number of benzene rings is 1. The number of pyridine rings is 1. The largest absolute Gasteiger partial charge is 0.439 e. The zero-order valence-corrected chi connectivity index (χ0v) is 13.9. The lowest BCUT2D eigenvalue weighted by Crippen LogP contribution is -2.48. The average molecular weight is 345 g/mol. The van der Waals surface area contributed by atoms with Crippen molar-refractivity contribution in [1.29, 1.82) is 0 Å². The molecule has 0 spiro atoms. The summed E-state index contributed by atoms with van der Waals surface area (Å²) in [5.41, 5.74) is 0.710. The van der Waals surface area contributed by atoms with Crippen LogP contribution >= 0.6 is 0 Å². The Morgan fingerprint density at radius 3 is 3.12 bits per heavy atom. The van der Waals surface area contributed by atoms with Crippen molar-refractivity contribution in [2.75, 3.05) is 19.7 Å². The molecule has 1 aliphatic rings. The van der Waals surface area contributed by atoms with Crippen molar-refractivity contribution in [2.24, 2.45) is 0 Å². The van der Waals surface area contributed by atoms with Crippen LogP contribution in [0, 0.1) is 5.82 Å². The second-order valence-corrected chi connectivity index (χ2v) is 5.81. The van der Waals surface area contributed by atoms with E-state index in [1.54, 1.807) is 29.3 Å². The van der Waals surface area contributed by atoms with Crippen molar-refractivity contribution in [3.8, 4) is 11.6 Å². The van der Waals surface area contributed by atoms with Gasteiger partial charge in [0, 0.05) is 37.5 Å². The molecule has 0 aliphatic carbocycles. The van der Waals surface area contributed by atoms with Crippen molar-refractivity contribution in [3.05, 3.63) is 54.0 Å². The fourth-order valence-electron chi connectivity index (χ4n) is 2.58. The fraction of sp³-hybridized carbons (Fsp3) is 0.333. The predicted octanol–water partition coefficient (Wildman–Crippen LogP) is 2.94. The maximum absolute atomic E-state index is 13.3. The molecular weight excluding hydrogens is 325 g/mol.